The van der Waals surface area contributed by atoms with E-state index < -0.39 is 5.97 Å². The number of hydrogen-bond donors (Lipinski definition) is 1. The van der Waals surface area contributed by atoms with Crippen LogP contribution in [0.25, 0.3) is 0 Å². The van der Waals surface area contributed by atoms with Gasteiger partial charge in [0.15, 0.2) is 0 Å². The van der Waals surface area contributed by atoms with Gasteiger partial charge in [-0.25, -0.2) is 4.79 Å². The van der Waals surface area contributed by atoms with Gasteiger partial charge in [-0.2, -0.15) is 0 Å². The predicted molar refractivity (Wildman–Crippen MR) is 115 cm³/mol. The van der Waals surface area contributed by atoms with Crippen LogP contribution in [0, 0.1) is 0 Å². The van der Waals surface area contributed by atoms with Crippen LogP contribution in [0.4, 0.5) is 5.69 Å². The highest BCUT2D eigenvalue weighted by Gasteiger charge is 2.15. The predicted octanol–water partition coefficient (Wildman–Crippen LogP) is 5.01. The second-order valence-electron chi connectivity index (χ2n) is 6.54. The molecule has 0 amide bonds. The first kappa shape index (κ1) is 20.8. The Hall–Kier alpha value is -2.92. The van der Waals surface area contributed by atoms with Crippen molar-refractivity contribution in [3.8, 4) is 11.5 Å². The maximum absolute atomic E-state index is 11.1. The Morgan fingerprint density at radius 2 is 1.79 bits per heavy atom. The van der Waals surface area contributed by atoms with Crippen LogP contribution in [0.15, 0.2) is 72.5 Å². The molecule has 0 spiro atoms. The molecule has 29 heavy (non-hydrogen) atoms. The molecule has 0 saturated carbocycles. The summed E-state index contributed by atoms with van der Waals surface area (Å²) in [4.78, 5) is 13.0. The Bertz CT molecular complexity index is 894. The Balaban J connectivity index is 1.67. The number of carboxylic acids is 1. The number of alkyl halides is 1. The molecule has 152 valence electrons. The van der Waals surface area contributed by atoms with Crippen molar-refractivity contribution in [2.45, 2.75) is 19.4 Å². The third-order valence-electron chi connectivity index (χ3n) is 4.50. The third kappa shape index (κ3) is 5.78. The molecule has 0 fully saturated rings. The standard InChI is InChI=1S/C23H24ClNO4/c24-13-5-6-16-28-21-9-3-1-7-19(21)17-29-22-10-4-2-8-20(22)25-14-11-18(12-15-25)23(26)27/h1-4,7-12,14H,5-6,13,15-17H2,(H,26,27). The van der Waals surface area contributed by atoms with Crippen LogP contribution in [0.3, 0.4) is 0 Å². The second kappa shape index (κ2) is 10.6. The number of benzene rings is 2. The van der Waals surface area contributed by atoms with Crippen LogP contribution >= 0.6 is 11.6 Å². The van der Waals surface area contributed by atoms with Crippen LogP contribution in [0.1, 0.15) is 18.4 Å². The van der Waals surface area contributed by atoms with Crippen molar-refractivity contribution in [3.05, 3.63) is 78.0 Å². The molecular weight excluding hydrogens is 390 g/mol. The van der Waals surface area contributed by atoms with Gasteiger partial charge >= 0.3 is 5.97 Å². The third-order valence-corrected chi connectivity index (χ3v) is 4.77. The van der Waals surface area contributed by atoms with Gasteiger partial charge in [-0.3, -0.25) is 0 Å². The highest BCUT2D eigenvalue weighted by Crippen LogP contribution is 2.31. The molecule has 1 aliphatic heterocycles. The minimum Gasteiger partial charge on any atom is -0.493 e. The minimum absolute atomic E-state index is 0.292. The molecule has 0 aliphatic carbocycles. The molecule has 2 aromatic carbocycles. The summed E-state index contributed by atoms with van der Waals surface area (Å²) in [6.07, 6.45) is 6.87. The SMILES string of the molecule is O=C(O)C1=CCN(c2ccccc2OCc2ccccc2OCCCCCl)C=C1. The Morgan fingerprint density at radius 1 is 1.03 bits per heavy atom. The van der Waals surface area contributed by atoms with Gasteiger partial charge in [0.2, 0.25) is 0 Å². The lowest BCUT2D eigenvalue weighted by molar-refractivity contribution is -0.132. The normalized spacial score (nSPS) is 13.1. The van der Waals surface area contributed by atoms with Crippen LogP contribution in [0.2, 0.25) is 0 Å². The van der Waals surface area contributed by atoms with Crippen molar-refractivity contribution in [3.63, 3.8) is 0 Å². The average Bonchev–Trinajstić information content (AvgIpc) is 2.76. The van der Waals surface area contributed by atoms with Crippen LogP contribution in [0.5, 0.6) is 11.5 Å². The Kier molecular flexibility index (Phi) is 7.59. The molecule has 6 heteroatoms. The number of para-hydroxylation sites is 3. The van der Waals surface area contributed by atoms with E-state index >= 15 is 0 Å². The molecule has 0 bridgehead atoms. The summed E-state index contributed by atoms with van der Waals surface area (Å²) in [5, 5.41) is 9.10. The van der Waals surface area contributed by atoms with Crippen molar-refractivity contribution in [1.29, 1.82) is 0 Å². The molecular formula is C23H24ClNO4. The molecule has 0 unspecified atom stereocenters. The van der Waals surface area contributed by atoms with Gasteiger partial charge in [-0.15, -0.1) is 11.6 Å². The quantitative estimate of drug-likeness (QED) is 0.438. The average molecular weight is 414 g/mol. The van der Waals surface area contributed by atoms with Crippen molar-refractivity contribution in [2.75, 3.05) is 23.9 Å². The summed E-state index contributed by atoms with van der Waals surface area (Å²) in [7, 11) is 0. The molecule has 0 atom stereocenters. The van der Waals surface area contributed by atoms with Gasteiger partial charge in [-0.1, -0.05) is 36.4 Å². The van der Waals surface area contributed by atoms with E-state index in [1.165, 1.54) is 0 Å². The highest BCUT2D eigenvalue weighted by atomic mass is 35.5. The molecule has 5 nitrogen and oxygen atoms in total. The van der Waals surface area contributed by atoms with E-state index in [4.69, 9.17) is 26.2 Å². The maximum Gasteiger partial charge on any atom is 0.335 e. The Labute approximate surface area is 175 Å². The lowest BCUT2D eigenvalue weighted by Gasteiger charge is -2.24. The summed E-state index contributed by atoms with van der Waals surface area (Å²) < 4.78 is 12.0. The number of carboxylic acid groups (broad SMARTS) is 1. The van der Waals surface area contributed by atoms with Gasteiger partial charge in [-0.05, 0) is 37.1 Å². The summed E-state index contributed by atoms with van der Waals surface area (Å²) in [5.74, 6) is 1.25. The molecule has 0 radical (unpaired) electrons. The smallest absolute Gasteiger partial charge is 0.335 e. The summed E-state index contributed by atoms with van der Waals surface area (Å²) >= 11 is 5.72. The summed E-state index contributed by atoms with van der Waals surface area (Å²) in [6, 6.07) is 15.5. The van der Waals surface area contributed by atoms with Crippen molar-refractivity contribution < 1.29 is 19.4 Å². The molecule has 3 rings (SSSR count). The largest absolute Gasteiger partial charge is 0.493 e. The van der Waals surface area contributed by atoms with E-state index in [-0.39, 0.29) is 0 Å². The first-order valence-electron chi connectivity index (χ1n) is 9.56. The fourth-order valence-corrected chi connectivity index (χ4v) is 3.14. The number of anilines is 1. The number of hydrogen-bond acceptors (Lipinski definition) is 4. The van der Waals surface area contributed by atoms with Crippen molar-refractivity contribution >= 4 is 23.3 Å². The van der Waals surface area contributed by atoms with E-state index in [0.717, 1.165) is 35.6 Å². The van der Waals surface area contributed by atoms with Gasteiger partial charge < -0.3 is 19.5 Å². The number of rotatable bonds is 10. The lowest BCUT2D eigenvalue weighted by atomic mass is 10.1. The van der Waals surface area contributed by atoms with Gasteiger partial charge in [0.05, 0.1) is 17.9 Å². The van der Waals surface area contributed by atoms with E-state index in [9.17, 15) is 4.79 Å². The van der Waals surface area contributed by atoms with E-state index in [2.05, 4.69) is 0 Å². The zero-order valence-electron chi connectivity index (χ0n) is 16.1. The number of unbranched alkanes of at least 4 members (excludes halogenated alkanes) is 1. The van der Waals surface area contributed by atoms with Gasteiger partial charge in [0.1, 0.15) is 18.1 Å². The van der Waals surface area contributed by atoms with Gasteiger partial charge in [0.25, 0.3) is 0 Å². The molecule has 0 saturated heterocycles. The monoisotopic (exact) mass is 413 g/mol. The topological polar surface area (TPSA) is 59.0 Å². The van der Waals surface area contributed by atoms with Crippen LogP contribution < -0.4 is 14.4 Å². The summed E-state index contributed by atoms with van der Waals surface area (Å²) in [5.41, 5.74) is 2.14. The number of halogens is 1. The van der Waals surface area contributed by atoms with E-state index in [1.807, 2.05) is 53.4 Å². The first-order valence-corrected chi connectivity index (χ1v) is 10.1. The zero-order valence-corrected chi connectivity index (χ0v) is 16.8. The minimum atomic E-state index is -0.923. The van der Waals surface area contributed by atoms with Crippen molar-refractivity contribution in [1.82, 2.24) is 0 Å². The molecule has 2 aromatic rings. The number of ether oxygens (including phenoxy) is 2. The van der Waals surface area contributed by atoms with E-state index in [0.29, 0.717) is 31.2 Å². The number of nitrogens with zero attached hydrogens (tertiary/aromatic N) is 1. The highest BCUT2D eigenvalue weighted by molar-refractivity contribution is 6.17. The van der Waals surface area contributed by atoms with Crippen molar-refractivity contribution in [2.24, 2.45) is 0 Å². The van der Waals surface area contributed by atoms with Crippen LogP contribution in [-0.4, -0.2) is 30.1 Å². The fraction of sp³-hybridized carbons (Fsp3) is 0.261. The fourth-order valence-electron chi connectivity index (χ4n) is 2.95. The Morgan fingerprint density at radius 3 is 2.52 bits per heavy atom. The summed E-state index contributed by atoms with van der Waals surface area (Å²) in [6.45, 7) is 1.46. The zero-order chi connectivity index (χ0) is 20.5. The lowest BCUT2D eigenvalue weighted by Crippen LogP contribution is -2.21. The molecule has 1 heterocycles. The number of carbonyl (C=O) groups is 1. The molecule has 0 aromatic heterocycles. The van der Waals surface area contributed by atoms with E-state index in [1.54, 1.807) is 18.4 Å². The first-order chi connectivity index (χ1) is 14.2. The van der Waals surface area contributed by atoms with Gasteiger partial charge in [0, 0.05) is 24.2 Å². The molecule has 1 N–H and O–H groups in total. The number of aliphatic carboxylic acids is 1. The second-order valence-corrected chi connectivity index (χ2v) is 6.92. The van der Waals surface area contributed by atoms with Crippen LogP contribution in [-0.2, 0) is 11.4 Å². The molecule has 1 aliphatic rings. The maximum atomic E-state index is 11.1.